The summed E-state index contributed by atoms with van der Waals surface area (Å²) >= 11 is 0. The maximum absolute atomic E-state index is 12.3. The molecule has 1 saturated heterocycles. The monoisotopic (exact) mass is 382 g/mol. The van der Waals surface area contributed by atoms with Gasteiger partial charge in [-0.2, -0.15) is 0 Å². The van der Waals surface area contributed by atoms with Gasteiger partial charge in [0.05, 0.1) is 31.3 Å². The molecule has 0 spiro atoms. The predicted molar refractivity (Wildman–Crippen MR) is 94.1 cm³/mol. The minimum atomic E-state index is -1.18. The SMILES string of the molecule is Nc1ccnc2c1ncn2[C@@H]1O[C@H](CO)C(O)[C@@H]1NC(=O)C(N)CCCF. The molecule has 2 unspecified atom stereocenters. The van der Waals surface area contributed by atoms with Crippen molar-refractivity contribution in [2.45, 2.75) is 43.4 Å². The summed E-state index contributed by atoms with van der Waals surface area (Å²) in [6, 6.07) is -0.231. The number of ether oxygens (including phenoxy) is 1. The number of halogens is 1. The predicted octanol–water partition coefficient (Wildman–Crippen LogP) is -1.17. The highest BCUT2D eigenvalue weighted by Crippen LogP contribution is 2.32. The molecule has 7 N–H and O–H groups in total. The molecular formula is C16H23FN6O4. The van der Waals surface area contributed by atoms with Crippen LogP contribution in [0.5, 0.6) is 0 Å². The van der Waals surface area contributed by atoms with Gasteiger partial charge in [-0.3, -0.25) is 13.8 Å². The Hall–Kier alpha value is -2.34. The van der Waals surface area contributed by atoms with Crippen LogP contribution >= 0.6 is 0 Å². The molecule has 0 bridgehead atoms. The summed E-state index contributed by atoms with van der Waals surface area (Å²) < 4.78 is 19.6. The number of rotatable bonds is 7. The second-order valence-corrected chi connectivity index (χ2v) is 6.43. The molecule has 0 saturated carbocycles. The van der Waals surface area contributed by atoms with E-state index in [9.17, 15) is 19.4 Å². The van der Waals surface area contributed by atoms with Gasteiger partial charge in [0.1, 0.15) is 23.8 Å². The first kappa shape index (κ1) is 19.4. The number of pyridine rings is 1. The summed E-state index contributed by atoms with van der Waals surface area (Å²) in [7, 11) is 0. The molecule has 27 heavy (non-hydrogen) atoms. The average molecular weight is 382 g/mol. The highest BCUT2D eigenvalue weighted by Gasteiger charge is 2.46. The fourth-order valence-electron chi connectivity index (χ4n) is 3.13. The Balaban J connectivity index is 1.87. The number of aromatic nitrogens is 3. The van der Waals surface area contributed by atoms with Crippen LogP contribution in [0.4, 0.5) is 10.1 Å². The zero-order valence-corrected chi connectivity index (χ0v) is 14.5. The third-order valence-electron chi connectivity index (χ3n) is 4.61. The molecule has 1 aliphatic heterocycles. The Bertz CT molecular complexity index is 802. The van der Waals surface area contributed by atoms with E-state index in [1.807, 2.05) is 0 Å². The van der Waals surface area contributed by atoms with Crippen molar-refractivity contribution in [3.63, 3.8) is 0 Å². The van der Waals surface area contributed by atoms with Crippen LogP contribution in [-0.4, -0.2) is 68.2 Å². The lowest BCUT2D eigenvalue weighted by molar-refractivity contribution is -0.124. The maximum atomic E-state index is 12.3. The number of imidazole rings is 1. The molecule has 0 aliphatic carbocycles. The van der Waals surface area contributed by atoms with Crippen molar-refractivity contribution in [1.29, 1.82) is 0 Å². The number of hydrogen-bond donors (Lipinski definition) is 5. The van der Waals surface area contributed by atoms with Gasteiger partial charge in [0.2, 0.25) is 5.91 Å². The van der Waals surface area contributed by atoms with Crippen molar-refractivity contribution in [3.8, 4) is 0 Å². The summed E-state index contributed by atoms with van der Waals surface area (Å²) in [6.45, 7) is -1.01. The summed E-state index contributed by atoms with van der Waals surface area (Å²) in [5.41, 5.74) is 12.9. The number of aliphatic hydroxyl groups excluding tert-OH is 2. The van der Waals surface area contributed by atoms with Crippen molar-refractivity contribution < 1.29 is 24.1 Å². The third-order valence-corrected chi connectivity index (χ3v) is 4.61. The highest BCUT2D eigenvalue weighted by molar-refractivity contribution is 5.84. The molecule has 5 atom stereocenters. The van der Waals surface area contributed by atoms with Gasteiger partial charge in [0.15, 0.2) is 11.9 Å². The highest BCUT2D eigenvalue weighted by atomic mass is 19.1. The molecule has 0 radical (unpaired) electrons. The Kier molecular flexibility index (Phi) is 5.85. The molecule has 1 aliphatic rings. The minimum Gasteiger partial charge on any atom is -0.397 e. The first-order valence-electron chi connectivity index (χ1n) is 8.61. The molecule has 10 nitrogen and oxygen atoms in total. The van der Waals surface area contributed by atoms with E-state index < -0.39 is 49.7 Å². The van der Waals surface area contributed by atoms with E-state index in [4.69, 9.17) is 16.2 Å². The number of aliphatic hydroxyl groups is 2. The zero-order chi connectivity index (χ0) is 19.6. The largest absolute Gasteiger partial charge is 0.397 e. The summed E-state index contributed by atoms with van der Waals surface area (Å²) in [5.74, 6) is -0.545. The van der Waals surface area contributed by atoms with Crippen LogP contribution in [0.15, 0.2) is 18.6 Å². The van der Waals surface area contributed by atoms with Gasteiger partial charge in [0, 0.05) is 6.20 Å². The Labute approximate surface area is 154 Å². The lowest BCUT2D eigenvalue weighted by Crippen LogP contribution is -2.51. The second kappa shape index (κ2) is 8.13. The number of amides is 1. The van der Waals surface area contributed by atoms with Gasteiger partial charge in [-0.25, -0.2) is 9.97 Å². The van der Waals surface area contributed by atoms with Gasteiger partial charge in [-0.05, 0) is 18.9 Å². The van der Waals surface area contributed by atoms with E-state index in [-0.39, 0.29) is 12.8 Å². The standard InChI is InChI=1S/C16H23FN6O4/c17-4-1-2-9(19)15(26)22-12-13(25)10(6-24)27-16(12)23-7-21-11-8(18)3-5-20-14(11)23/h3,5,7,9-10,12-13,16,24-25H,1-2,4,6,19H2,(H2,18,20)(H,22,26)/t9?,10-,12+,13?,16-/m1/s1. The van der Waals surface area contributed by atoms with Crippen molar-refractivity contribution in [1.82, 2.24) is 19.9 Å². The number of carbonyl (C=O) groups excluding carboxylic acids is 1. The lowest BCUT2D eigenvalue weighted by atomic mass is 10.1. The lowest BCUT2D eigenvalue weighted by Gasteiger charge is -2.24. The van der Waals surface area contributed by atoms with E-state index in [0.717, 1.165) is 0 Å². The molecule has 1 fully saturated rings. The van der Waals surface area contributed by atoms with Gasteiger partial charge in [-0.1, -0.05) is 0 Å². The van der Waals surface area contributed by atoms with E-state index >= 15 is 0 Å². The minimum absolute atomic E-state index is 0.163. The maximum Gasteiger partial charge on any atom is 0.237 e. The number of nitrogens with two attached hydrogens (primary N) is 2. The molecule has 148 valence electrons. The van der Waals surface area contributed by atoms with E-state index in [1.54, 1.807) is 6.07 Å². The van der Waals surface area contributed by atoms with Crippen LogP contribution in [0, 0.1) is 0 Å². The topological polar surface area (TPSA) is 162 Å². The van der Waals surface area contributed by atoms with Crippen LogP contribution in [0.3, 0.4) is 0 Å². The molecule has 2 aromatic heterocycles. The first-order valence-corrected chi connectivity index (χ1v) is 8.61. The van der Waals surface area contributed by atoms with Gasteiger partial charge in [0.25, 0.3) is 0 Å². The van der Waals surface area contributed by atoms with Crippen LogP contribution in [0.1, 0.15) is 19.1 Å². The second-order valence-electron chi connectivity index (χ2n) is 6.43. The fraction of sp³-hybridized carbons (Fsp3) is 0.562. The average Bonchev–Trinajstić information content (AvgIpc) is 3.22. The zero-order valence-electron chi connectivity index (χ0n) is 14.5. The van der Waals surface area contributed by atoms with Crippen LogP contribution in [0.2, 0.25) is 0 Å². The van der Waals surface area contributed by atoms with E-state index in [2.05, 4.69) is 15.3 Å². The van der Waals surface area contributed by atoms with Crippen LogP contribution in [0.25, 0.3) is 11.2 Å². The number of nitrogens with zero attached hydrogens (tertiary/aromatic N) is 3. The third kappa shape index (κ3) is 3.72. The van der Waals surface area contributed by atoms with Gasteiger partial charge >= 0.3 is 0 Å². The summed E-state index contributed by atoms with van der Waals surface area (Å²) in [4.78, 5) is 20.8. The molecule has 0 aromatic carbocycles. The molecule has 1 amide bonds. The molecule has 3 rings (SSSR count). The van der Waals surface area contributed by atoms with Crippen molar-refractivity contribution in [3.05, 3.63) is 18.6 Å². The normalized spacial score (nSPS) is 26.4. The number of fused-ring (bicyclic) bond motifs is 1. The number of nitrogen functional groups attached to an aromatic ring is 1. The van der Waals surface area contributed by atoms with E-state index in [0.29, 0.717) is 16.9 Å². The summed E-state index contributed by atoms with van der Waals surface area (Å²) in [5, 5.41) is 22.6. The molecule has 11 heteroatoms. The van der Waals surface area contributed by atoms with Gasteiger partial charge in [-0.15, -0.1) is 0 Å². The Morgan fingerprint density at radius 2 is 2.26 bits per heavy atom. The summed E-state index contributed by atoms with van der Waals surface area (Å²) in [6.07, 6.45) is 0.298. The first-order chi connectivity index (χ1) is 13.0. The van der Waals surface area contributed by atoms with Crippen molar-refractivity contribution in [2.24, 2.45) is 5.73 Å². The van der Waals surface area contributed by atoms with Crippen LogP contribution in [-0.2, 0) is 9.53 Å². The molecule has 2 aromatic rings. The molecule has 3 heterocycles. The van der Waals surface area contributed by atoms with Crippen LogP contribution < -0.4 is 16.8 Å². The number of hydrogen-bond acceptors (Lipinski definition) is 8. The number of carbonyl (C=O) groups is 1. The van der Waals surface area contributed by atoms with Crippen molar-refractivity contribution in [2.75, 3.05) is 19.0 Å². The Morgan fingerprint density at radius 1 is 1.48 bits per heavy atom. The number of nitrogens with one attached hydrogen (secondary N) is 1. The Morgan fingerprint density at radius 3 is 2.96 bits per heavy atom. The quantitative estimate of drug-likeness (QED) is 0.400. The number of anilines is 1. The molecular weight excluding hydrogens is 359 g/mol. The van der Waals surface area contributed by atoms with Crippen molar-refractivity contribution >= 4 is 22.8 Å². The number of alkyl halides is 1. The fourth-order valence-corrected chi connectivity index (χ4v) is 3.13. The van der Waals surface area contributed by atoms with Gasteiger partial charge < -0.3 is 31.7 Å². The van der Waals surface area contributed by atoms with E-state index in [1.165, 1.54) is 17.1 Å². The smallest absolute Gasteiger partial charge is 0.237 e.